The summed E-state index contributed by atoms with van der Waals surface area (Å²) in [6.07, 6.45) is 3.11. The Labute approximate surface area is 159 Å². The summed E-state index contributed by atoms with van der Waals surface area (Å²) in [5.41, 5.74) is 0.923. The van der Waals surface area contributed by atoms with E-state index in [1.54, 1.807) is 32.4 Å². The molecule has 0 atom stereocenters. The van der Waals surface area contributed by atoms with Gasteiger partial charge in [0.15, 0.2) is 0 Å². The second-order valence-corrected chi connectivity index (χ2v) is 5.80. The van der Waals surface area contributed by atoms with E-state index in [1.807, 2.05) is 42.5 Å². The van der Waals surface area contributed by atoms with Crippen molar-refractivity contribution < 1.29 is 19.1 Å². The van der Waals surface area contributed by atoms with Crippen molar-refractivity contribution in [1.82, 2.24) is 10.2 Å². The normalized spacial score (nSPS) is 10.4. The van der Waals surface area contributed by atoms with Crippen LogP contribution in [0, 0.1) is 0 Å². The maximum absolute atomic E-state index is 12.1. The van der Waals surface area contributed by atoms with E-state index < -0.39 is 0 Å². The van der Waals surface area contributed by atoms with Gasteiger partial charge in [-0.2, -0.15) is 0 Å². The number of ether oxygens (including phenoxy) is 2. The van der Waals surface area contributed by atoms with Crippen LogP contribution < -0.4 is 14.8 Å². The third-order valence-corrected chi connectivity index (χ3v) is 3.82. The first-order valence-corrected chi connectivity index (χ1v) is 8.60. The predicted octanol–water partition coefficient (Wildman–Crippen LogP) is 2.36. The van der Waals surface area contributed by atoms with Crippen molar-refractivity contribution in [2.45, 2.75) is 0 Å². The molecule has 0 aliphatic carbocycles. The quantitative estimate of drug-likeness (QED) is 0.690. The zero-order valence-electron chi connectivity index (χ0n) is 15.6. The number of methoxy groups -OCH3 is 1. The lowest BCUT2D eigenvalue weighted by molar-refractivity contribution is -0.131. The summed E-state index contributed by atoms with van der Waals surface area (Å²) in [7, 11) is 3.28. The van der Waals surface area contributed by atoms with Gasteiger partial charge in [0.25, 0.3) is 0 Å². The largest absolute Gasteiger partial charge is 0.497 e. The summed E-state index contributed by atoms with van der Waals surface area (Å²) in [6, 6.07) is 16.7. The Kier molecular flexibility index (Phi) is 7.91. The second-order valence-electron chi connectivity index (χ2n) is 5.80. The van der Waals surface area contributed by atoms with Crippen molar-refractivity contribution >= 4 is 17.9 Å². The van der Waals surface area contributed by atoms with E-state index in [9.17, 15) is 9.59 Å². The van der Waals surface area contributed by atoms with Gasteiger partial charge in [0, 0.05) is 13.1 Å². The molecule has 0 unspecified atom stereocenters. The summed E-state index contributed by atoms with van der Waals surface area (Å²) in [6.45, 7) is 0.716. The summed E-state index contributed by atoms with van der Waals surface area (Å²) >= 11 is 0. The Bertz CT molecular complexity index is 758. The van der Waals surface area contributed by atoms with Gasteiger partial charge in [-0.05, 0) is 35.9 Å². The number of carbonyl (C=O) groups is 2. The molecule has 0 spiro atoms. The van der Waals surface area contributed by atoms with Crippen LogP contribution in [0.25, 0.3) is 6.08 Å². The van der Waals surface area contributed by atoms with E-state index in [1.165, 1.54) is 11.0 Å². The Balaban J connectivity index is 1.67. The molecule has 0 saturated heterocycles. The fraction of sp³-hybridized carbons (Fsp3) is 0.238. The van der Waals surface area contributed by atoms with Crippen LogP contribution in [0.2, 0.25) is 0 Å². The van der Waals surface area contributed by atoms with Crippen LogP contribution in [0.4, 0.5) is 0 Å². The molecule has 0 bridgehead atoms. The molecule has 6 heteroatoms. The molecule has 142 valence electrons. The van der Waals surface area contributed by atoms with E-state index >= 15 is 0 Å². The van der Waals surface area contributed by atoms with E-state index in [0.717, 1.165) is 11.3 Å². The molecule has 0 aliphatic rings. The number of benzene rings is 2. The molecule has 27 heavy (non-hydrogen) atoms. The number of hydrogen-bond donors (Lipinski definition) is 1. The predicted molar refractivity (Wildman–Crippen MR) is 105 cm³/mol. The Hall–Kier alpha value is -3.28. The molecule has 2 rings (SSSR count). The van der Waals surface area contributed by atoms with E-state index in [0.29, 0.717) is 18.9 Å². The van der Waals surface area contributed by atoms with Crippen LogP contribution in [0.15, 0.2) is 60.7 Å². The van der Waals surface area contributed by atoms with Gasteiger partial charge in [0.2, 0.25) is 11.8 Å². The Morgan fingerprint density at radius 2 is 1.70 bits per heavy atom. The van der Waals surface area contributed by atoms with Gasteiger partial charge >= 0.3 is 0 Å². The number of nitrogens with one attached hydrogen (secondary N) is 1. The minimum atomic E-state index is -0.310. The highest BCUT2D eigenvalue weighted by atomic mass is 16.5. The molecule has 6 nitrogen and oxygen atoms in total. The van der Waals surface area contributed by atoms with Crippen molar-refractivity contribution in [3.05, 3.63) is 66.2 Å². The summed E-state index contributed by atoms with van der Waals surface area (Å²) in [5.74, 6) is 0.965. The van der Waals surface area contributed by atoms with Crippen molar-refractivity contribution in [3.8, 4) is 11.5 Å². The molecule has 2 aromatic rings. The van der Waals surface area contributed by atoms with Gasteiger partial charge in [0.1, 0.15) is 18.1 Å². The van der Waals surface area contributed by atoms with Crippen LogP contribution in [0.1, 0.15) is 5.56 Å². The van der Waals surface area contributed by atoms with Gasteiger partial charge < -0.3 is 19.7 Å². The maximum atomic E-state index is 12.1. The van der Waals surface area contributed by atoms with Crippen molar-refractivity contribution in [2.75, 3.05) is 33.9 Å². The SMILES string of the molecule is COc1ccc(OCCN(C)C(=O)CNC(=O)/C=C/c2ccccc2)cc1. The molecule has 0 aromatic heterocycles. The molecule has 2 aromatic carbocycles. The highest BCUT2D eigenvalue weighted by Gasteiger charge is 2.09. The number of nitrogens with zero attached hydrogens (tertiary/aromatic N) is 1. The minimum absolute atomic E-state index is 0.0585. The number of hydrogen-bond acceptors (Lipinski definition) is 4. The zero-order chi connectivity index (χ0) is 19.5. The van der Waals surface area contributed by atoms with Gasteiger partial charge in [0.05, 0.1) is 20.2 Å². The van der Waals surface area contributed by atoms with E-state index in [2.05, 4.69) is 5.32 Å². The molecule has 1 N–H and O–H groups in total. The van der Waals surface area contributed by atoms with Crippen molar-refractivity contribution in [1.29, 1.82) is 0 Å². The highest BCUT2D eigenvalue weighted by molar-refractivity contribution is 5.94. The molecular formula is C21H24N2O4. The average Bonchev–Trinajstić information content (AvgIpc) is 2.71. The lowest BCUT2D eigenvalue weighted by Gasteiger charge is -2.17. The molecule has 0 radical (unpaired) electrons. The van der Waals surface area contributed by atoms with E-state index in [4.69, 9.17) is 9.47 Å². The monoisotopic (exact) mass is 368 g/mol. The van der Waals surface area contributed by atoms with Gasteiger partial charge in [-0.3, -0.25) is 9.59 Å². The van der Waals surface area contributed by atoms with Gasteiger partial charge in [-0.15, -0.1) is 0 Å². The summed E-state index contributed by atoms with van der Waals surface area (Å²) in [5, 5.41) is 2.58. The number of carbonyl (C=O) groups excluding carboxylic acids is 2. The highest BCUT2D eigenvalue weighted by Crippen LogP contribution is 2.16. The van der Waals surface area contributed by atoms with E-state index in [-0.39, 0.29) is 18.4 Å². The number of rotatable bonds is 9. The zero-order valence-corrected chi connectivity index (χ0v) is 15.6. The molecule has 0 aliphatic heterocycles. The van der Waals surface area contributed by atoms with Crippen molar-refractivity contribution in [3.63, 3.8) is 0 Å². The lowest BCUT2D eigenvalue weighted by atomic mass is 10.2. The van der Waals surface area contributed by atoms with Crippen LogP contribution in [-0.2, 0) is 9.59 Å². The standard InChI is InChI=1S/C21H24N2O4/c1-23(14-15-27-19-11-9-18(26-2)10-12-19)21(25)16-22-20(24)13-8-17-6-4-3-5-7-17/h3-13H,14-16H2,1-2H3,(H,22,24)/b13-8+. The van der Waals surface area contributed by atoms with Crippen LogP contribution in [-0.4, -0.2) is 50.6 Å². The molecule has 0 fully saturated rings. The van der Waals surface area contributed by atoms with Crippen molar-refractivity contribution in [2.24, 2.45) is 0 Å². The Morgan fingerprint density at radius 3 is 2.37 bits per heavy atom. The minimum Gasteiger partial charge on any atom is -0.497 e. The smallest absolute Gasteiger partial charge is 0.244 e. The first-order valence-electron chi connectivity index (χ1n) is 8.60. The second kappa shape index (κ2) is 10.7. The third-order valence-electron chi connectivity index (χ3n) is 3.82. The van der Waals surface area contributed by atoms with Crippen LogP contribution in [0.5, 0.6) is 11.5 Å². The number of amides is 2. The first-order chi connectivity index (χ1) is 13.1. The van der Waals surface area contributed by atoms with Crippen LogP contribution >= 0.6 is 0 Å². The third kappa shape index (κ3) is 7.23. The molecule has 2 amide bonds. The lowest BCUT2D eigenvalue weighted by Crippen LogP contribution is -2.39. The molecular weight excluding hydrogens is 344 g/mol. The maximum Gasteiger partial charge on any atom is 0.244 e. The fourth-order valence-electron chi connectivity index (χ4n) is 2.19. The molecule has 0 heterocycles. The average molecular weight is 368 g/mol. The first kappa shape index (κ1) is 20.0. The Morgan fingerprint density at radius 1 is 1.04 bits per heavy atom. The van der Waals surface area contributed by atoms with Gasteiger partial charge in [-0.1, -0.05) is 30.3 Å². The topological polar surface area (TPSA) is 67.9 Å². The number of likely N-dealkylation sites (N-methyl/N-ethyl adjacent to an activating group) is 1. The summed E-state index contributed by atoms with van der Waals surface area (Å²) < 4.78 is 10.7. The van der Waals surface area contributed by atoms with Gasteiger partial charge in [-0.25, -0.2) is 0 Å². The van der Waals surface area contributed by atoms with Crippen LogP contribution in [0.3, 0.4) is 0 Å². The fourth-order valence-corrected chi connectivity index (χ4v) is 2.19. The summed E-state index contributed by atoms with van der Waals surface area (Å²) in [4.78, 5) is 25.4. The molecule has 0 saturated carbocycles.